The summed E-state index contributed by atoms with van der Waals surface area (Å²) in [6.45, 7) is 12.4. The van der Waals surface area contributed by atoms with Gasteiger partial charge < -0.3 is 9.80 Å². The van der Waals surface area contributed by atoms with Crippen molar-refractivity contribution in [1.29, 1.82) is 0 Å². The second-order valence-electron chi connectivity index (χ2n) is 8.59. The van der Waals surface area contributed by atoms with Crippen LogP contribution in [0.4, 0.5) is 11.5 Å². The number of piperazine rings is 1. The Morgan fingerprint density at radius 2 is 1.53 bits per heavy atom. The SMILES string of the molecule is Cc1ccc(-c2c(C)sc3nc(Cl)nc(N4CCN(c5cccc(C)c5C)CC4)c23)cc1. The molecule has 3 heterocycles. The first-order chi connectivity index (χ1) is 15.4. The Labute approximate surface area is 198 Å². The summed E-state index contributed by atoms with van der Waals surface area (Å²) in [6.07, 6.45) is 0. The van der Waals surface area contributed by atoms with Gasteiger partial charge >= 0.3 is 0 Å². The van der Waals surface area contributed by atoms with Gasteiger partial charge in [-0.25, -0.2) is 4.98 Å². The number of aryl methyl sites for hydroxylation is 3. The maximum absolute atomic E-state index is 6.38. The fraction of sp³-hybridized carbons (Fsp3) is 0.308. The van der Waals surface area contributed by atoms with Crippen LogP contribution in [0.3, 0.4) is 0 Å². The van der Waals surface area contributed by atoms with Crippen molar-refractivity contribution in [3.8, 4) is 11.1 Å². The largest absolute Gasteiger partial charge is 0.368 e. The van der Waals surface area contributed by atoms with Crippen LogP contribution in [0.15, 0.2) is 42.5 Å². The van der Waals surface area contributed by atoms with Crippen LogP contribution in [0.25, 0.3) is 21.3 Å². The third-order valence-electron chi connectivity index (χ3n) is 6.52. The van der Waals surface area contributed by atoms with Crippen LogP contribution in [0.5, 0.6) is 0 Å². The smallest absolute Gasteiger partial charge is 0.225 e. The van der Waals surface area contributed by atoms with Crippen molar-refractivity contribution >= 4 is 44.7 Å². The van der Waals surface area contributed by atoms with Crippen molar-refractivity contribution in [2.75, 3.05) is 36.0 Å². The van der Waals surface area contributed by atoms with Gasteiger partial charge in [-0.15, -0.1) is 11.3 Å². The molecule has 1 fully saturated rings. The van der Waals surface area contributed by atoms with Crippen LogP contribution in [0.2, 0.25) is 5.28 Å². The van der Waals surface area contributed by atoms with Gasteiger partial charge in [0, 0.05) is 42.3 Å². The van der Waals surface area contributed by atoms with Crippen LogP contribution in [0.1, 0.15) is 21.6 Å². The second-order valence-corrected chi connectivity index (χ2v) is 10.1. The standard InChI is InChI=1S/C26H27ClN4S/c1-16-8-10-20(11-9-16)22-19(4)32-25-23(22)24(28-26(27)29-25)31-14-12-30(13-15-31)21-7-5-6-17(2)18(21)3/h5-11H,12-15H2,1-4H3. The zero-order valence-electron chi connectivity index (χ0n) is 18.9. The van der Waals surface area contributed by atoms with Gasteiger partial charge in [-0.1, -0.05) is 42.0 Å². The molecule has 2 aromatic carbocycles. The Bertz CT molecular complexity index is 1290. The van der Waals surface area contributed by atoms with Gasteiger partial charge in [-0.2, -0.15) is 4.98 Å². The number of halogens is 1. The summed E-state index contributed by atoms with van der Waals surface area (Å²) in [7, 11) is 0. The highest BCUT2D eigenvalue weighted by molar-refractivity contribution is 7.19. The van der Waals surface area contributed by atoms with Crippen molar-refractivity contribution < 1.29 is 0 Å². The molecule has 0 bridgehead atoms. The first-order valence-electron chi connectivity index (χ1n) is 11.0. The molecule has 0 radical (unpaired) electrons. The molecule has 2 aromatic heterocycles. The first kappa shape index (κ1) is 21.2. The van der Waals surface area contributed by atoms with Crippen molar-refractivity contribution in [1.82, 2.24) is 9.97 Å². The van der Waals surface area contributed by atoms with Gasteiger partial charge in [0.25, 0.3) is 0 Å². The number of nitrogens with zero attached hydrogens (tertiary/aromatic N) is 4. The molecule has 1 saturated heterocycles. The zero-order chi connectivity index (χ0) is 22.4. The molecule has 0 N–H and O–H groups in total. The van der Waals surface area contributed by atoms with E-state index in [4.69, 9.17) is 16.6 Å². The van der Waals surface area contributed by atoms with E-state index in [0.717, 1.165) is 42.2 Å². The van der Waals surface area contributed by atoms with Crippen LogP contribution in [-0.4, -0.2) is 36.1 Å². The normalized spacial score (nSPS) is 14.4. The Hall–Kier alpha value is -2.63. The number of rotatable bonds is 3. The fourth-order valence-corrected chi connectivity index (χ4v) is 5.86. The predicted octanol–water partition coefficient (Wildman–Crippen LogP) is 6.57. The number of hydrogen-bond donors (Lipinski definition) is 0. The van der Waals surface area contributed by atoms with E-state index in [1.165, 1.54) is 38.4 Å². The fourth-order valence-electron chi connectivity index (χ4n) is 4.60. The number of hydrogen-bond acceptors (Lipinski definition) is 5. The van der Waals surface area contributed by atoms with Crippen molar-refractivity contribution in [2.45, 2.75) is 27.7 Å². The molecule has 1 aliphatic heterocycles. The number of fused-ring (bicyclic) bond motifs is 1. The van der Waals surface area contributed by atoms with Gasteiger partial charge in [0.1, 0.15) is 10.6 Å². The third kappa shape index (κ3) is 3.74. The zero-order valence-corrected chi connectivity index (χ0v) is 20.5. The lowest BCUT2D eigenvalue weighted by Crippen LogP contribution is -2.47. The third-order valence-corrected chi connectivity index (χ3v) is 7.69. The minimum absolute atomic E-state index is 0.321. The van der Waals surface area contributed by atoms with Crippen molar-refractivity contribution in [2.24, 2.45) is 0 Å². The Balaban J connectivity index is 1.52. The van der Waals surface area contributed by atoms with Gasteiger partial charge in [0.15, 0.2) is 0 Å². The quantitative estimate of drug-likeness (QED) is 0.322. The lowest BCUT2D eigenvalue weighted by Gasteiger charge is -2.38. The summed E-state index contributed by atoms with van der Waals surface area (Å²) in [5.41, 5.74) is 7.73. The molecule has 0 saturated carbocycles. The second kappa shape index (κ2) is 8.38. The van der Waals surface area contributed by atoms with Crippen LogP contribution < -0.4 is 9.80 Å². The lowest BCUT2D eigenvalue weighted by molar-refractivity contribution is 0.647. The molecule has 4 aromatic rings. The Morgan fingerprint density at radius 3 is 2.25 bits per heavy atom. The molecule has 6 heteroatoms. The lowest BCUT2D eigenvalue weighted by atomic mass is 10.0. The number of anilines is 2. The minimum Gasteiger partial charge on any atom is -0.368 e. The van der Waals surface area contributed by atoms with E-state index < -0.39 is 0 Å². The summed E-state index contributed by atoms with van der Waals surface area (Å²) >= 11 is 8.08. The number of benzene rings is 2. The topological polar surface area (TPSA) is 32.3 Å². The van der Waals surface area contributed by atoms with Crippen LogP contribution >= 0.6 is 22.9 Å². The average Bonchev–Trinajstić information content (AvgIpc) is 3.11. The van der Waals surface area contributed by atoms with E-state index in [0.29, 0.717) is 5.28 Å². The van der Waals surface area contributed by atoms with E-state index >= 15 is 0 Å². The average molecular weight is 463 g/mol. The van der Waals surface area contributed by atoms with E-state index in [2.05, 4.69) is 84.9 Å². The maximum Gasteiger partial charge on any atom is 0.225 e. The van der Waals surface area contributed by atoms with E-state index in [1.807, 2.05) is 0 Å². The highest BCUT2D eigenvalue weighted by Gasteiger charge is 2.25. The molecule has 0 atom stereocenters. The summed E-state index contributed by atoms with van der Waals surface area (Å²) in [5.74, 6) is 0.959. The Morgan fingerprint density at radius 1 is 0.844 bits per heavy atom. The molecule has 0 aliphatic carbocycles. The molecular formula is C26H27ClN4S. The van der Waals surface area contributed by atoms with Crippen LogP contribution in [0, 0.1) is 27.7 Å². The summed E-state index contributed by atoms with van der Waals surface area (Å²) in [5, 5.41) is 1.45. The molecule has 32 heavy (non-hydrogen) atoms. The molecule has 0 spiro atoms. The van der Waals surface area contributed by atoms with Gasteiger partial charge in [-0.3, -0.25) is 0 Å². The molecule has 1 aliphatic rings. The van der Waals surface area contributed by atoms with Gasteiger partial charge in [-0.05, 0) is 62.1 Å². The van der Waals surface area contributed by atoms with E-state index in [-0.39, 0.29) is 0 Å². The molecule has 4 nitrogen and oxygen atoms in total. The summed E-state index contributed by atoms with van der Waals surface area (Å²) in [4.78, 5) is 16.4. The summed E-state index contributed by atoms with van der Waals surface area (Å²) in [6, 6.07) is 15.3. The Kier molecular flexibility index (Phi) is 5.56. The van der Waals surface area contributed by atoms with Crippen LogP contribution in [-0.2, 0) is 0 Å². The predicted molar refractivity (Wildman–Crippen MR) is 138 cm³/mol. The van der Waals surface area contributed by atoms with Gasteiger partial charge in [0.2, 0.25) is 5.28 Å². The van der Waals surface area contributed by atoms with E-state index in [1.54, 1.807) is 11.3 Å². The van der Waals surface area contributed by atoms with Crippen molar-refractivity contribution in [3.63, 3.8) is 0 Å². The highest BCUT2D eigenvalue weighted by Crippen LogP contribution is 2.42. The molecule has 0 unspecified atom stereocenters. The first-order valence-corrected chi connectivity index (χ1v) is 12.2. The summed E-state index contributed by atoms with van der Waals surface area (Å²) < 4.78 is 0. The molecule has 164 valence electrons. The number of aromatic nitrogens is 2. The van der Waals surface area contributed by atoms with Crippen molar-refractivity contribution in [3.05, 3.63) is 69.3 Å². The van der Waals surface area contributed by atoms with Gasteiger partial charge in [0.05, 0.1) is 5.39 Å². The molecular weight excluding hydrogens is 436 g/mol. The minimum atomic E-state index is 0.321. The highest BCUT2D eigenvalue weighted by atomic mass is 35.5. The van der Waals surface area contributed by atoms with E-state index in [9.17, 15) is 0 Å². The monoisotopic (exact) mass is 462 g/mol. The molecule has 5 rings (SSSR count). The molecule has 0 amide bonds. The maximum atomic E-state index is 6.38. The number of thiophene rings is 1.